The maximum absolute atomic E-state index is 5.67. The highest BCUT2D eigenvalue weighted by molar-refractivity contribution is 4.91. The van der Waals surface area contributed by atoms with Crippen LogP contribution in [0.25, 0.3) is 0 Å². The van der Waals surface area contributed by atoms with E-state index >= 15 is 0 Å². The van der Waals surface area contributed by atoms with Crippen molar-refractivity contribution in [2.45, 2.75) is 109 Å². The first-order valence-corrected chi connectivity index (χ1v) is 10.5. The van der Waals surface area contributed by atoms with Gasteiger partial charge < -0.3 is 14.2 Å². The van der Waals surface area contributed by atoms with Gasteiger partial charge in [0, 0.05) is 20.1 Å². The maximum Gasteiger partial charge on any atom is 0.159 e. The zero-order valence-electron chi connectivity index (χ0n) is 16.3. The molecule has 0 aromatic rings. The van der Waals surface area contributed by atoms with Gasteiger partial charge in [0.2, 0.25) is 0 Å². The van der Waals surface area contributed by atoms with Gasteiger partial charge in [0.1, 0.15) is 0 Å². The monoisotopic (exact) mass is 340 g/mol. The molecule has 0 aromatic carbocycles. The number of ether oxygens (including phenoxy) is 3. The molecule has 1 saturated carbocycles. The van der Waals surface area contributed by atoms with Crippen molar-refractivity contribution in [1.82, 2.24) is 0 Å². The molecule has 2 fully saturated rings. The quantitative estimate of drug-likeness (QED) is 0.230. The molecule has 0 N–H and O–H groups in total. The van der Waals surface area contributed by atoms with Crippen LogP contribution in [0.2, 0.25) is 0 Å². The molecule has 4 atom stereocenters. The van der Waals surface area contributed by atoms with E-state index in [0.29, 0.717) is 18.1 Å². The van der Waals surface area contributed by atoms with E-state index < -0.39 is 0 Å². The Hall–Kier alpha value is -0.120. The van der Waals surface area contributed by atoms with Gasteiger partial charge in [-0.3, -0.25) is 0 Å². The minimum Gasteiger partial charge on any atom is -0.370 e. The second kappa shape index (κ2) is 11.5. The van der Waals surface area contributed by atoms with Crippen molar-refractivity contribution in [2.75, 3.05) is 14.2 Å². The van der Waals surface area contributed by atoms with Gasteiger partial charge in [0.15, 0.2) is 6.29 Å². The Morgan fingerprint density at radius 1 is 0.875 bits per heavy atom. The van der Waals surface area contributed by atoms with Crippen LogP contribution in [0.15, 0.2) is 0 Å². The van der Waals surface area contributed by atoms with E-state index in [0.717, 1.165) is 5.92 Å². The Balaban J connectivity index is 1.62. The molecule has 1 aliphatic heterocycles. The first-order chi connectivity index (χ1) is 11.8. The highest BCUT2D eigenvalue weighted by Gasteiger charge is 2.43. The van der Waals surface area contributed by atoms with Gasteiger partial charge in [-0.1, -0.05) is 51.9 Å². The maximum atomic E-state index is 5.67. The Bertz CT molecular complexity index is 316. The predicted molar refractivity (Wildman–Crippen MR) is 99.1 cm³/mol. The molecule has 1 aliphatic carbocycles. The topological polar surface area (TPSA) is 31.0 Å². The van der Waals surface area contributed by atoms with Crippen LogP contribution in [0.1, 0.15) is 90.4 Å². The van der Waals surface area contributed by atoms with E-state index in [1.54, 1.807) is 14.2 Å². The van der Waals surface area contributed by atoms with Crippen LogP contribution in [0.3, 0.4) is 0 Å². The first-order valence-electron chi connectivity index (χ1n) is 10.5. The summed E-state index contributed by atoms with van der Waals surface area (Å²) < 4.78 is 16.9. The lowest BCUT2D eigenvalue weighted by Crippen LogP contribution is -2.26. The second-order valence-electron chi connectivity index (χ2n) is 7.98. The van der Waals surface area contributed by atoms with Crippen LogP contribution < -0.4 is 0 Å². The van der Waals surface area contributed by atoms with Crippen molar-refractivity contribution in [1.29, 1.82) is 0 Å². The molecule has 3 heteroatoms. The smallest absolute Gasteiger partial charge is 0.159 e. The Morgan fingerprint density at radius 3 is 2.25 bits per heavy atom. The van der Waals surface area contributed by atoms with Crippen molar-refractivity contribution in [3.05, 3.63) is 0 Å². The number of rotatable bonds is 14. The molecule has 4 unspecified atom stereocenters. The molecule has 3 nitrogen and oxygen atoms in total. The molecule has 1 saturated heterocycles. The summed E-state index contributed by atoms with van der Waals surface area (Å²) in [7, 11) is 3.57. The van der Waals surface area contributed by atoms with Gasteiger partial charge in [-0.05, 0) is 44.4 Å². The molecular formula is C21H40O3. The first kappa shape index (κ1) is 20.2. The van der Waals surface area contributed by atoms with Crippen molar-refractivity contribution >= 4 is 0 Å². The Morgan fingerprint density at radius 2 is 1.58 bits per heavy atom. The van der Waals surface area contributed by atoms with Crippen LogP contribution in [0, 0.1) is 11.8 Å². The fourth-order valence-corrected chi connectivity index (χ4v) is 4.46. The molecule has 1 heterocycles. The number of fused-ring (bicyclic) bond motifs is 1. The summed E-state index contributed by atoms with van der Waals surface area (Å²) in [4.78, 5) is 0. The van der Waals surface area contributed by atoms with E-state index in [9.17, 15) is 0 Å². The lowest BCUT2D eigenvalue weighted by molar-refractivity contribution is -0.141. The van der Waals surface area contributed by atoms with E-state index in [1.165, 1.54) is 83.5 Å². The van der Waals surface area contributed by atoms with Gasteiger partial charge in [-0.25, -0.2) is 0 Å². The molecular weight excluding hydrogens is 300 g/mol. The van der Waals surface area contributed by atoms with E-state index in [1.807, 2.05) is 0 Å². The summed E-state index contributed by atoms with van der Waals surface area (Å²) in [5.41, 5.74) is 0. The van der Waals surface area contributed by atoms with Gasteiger partial charge in [-0.2, -0.15) is 0 Å². The molecule has 0 radical (unpaired) electrons. The summed E-state index contributed by atoms with van der Waals surface area (Å²) in [5.74, 6) is 1.41. The minimum atomic E-state index is -0.0291. The van der Waals surface area contributed by atoms with Crippen molar-refractivity contribution in [2.24, 2.45) is 11.8 Å². The molecule has 0 amide bonds. The fraction of sp³-hybridized carbons (Fsp3) is 1.00. The number of epoxide rings is 1. The number of unbranched alkanes of at least 4 members (excludes halogenated alkanes) is 6. The van der Waals surface area contributed by atoms with Crippen molar-refractivity contribution in [3.8, 4) is 0 Å². The molecule has 2 aliphatic rings. The third-order valence-corrected chi connectivity index (χ3v) is 6.09. The van der Waals surface area contributed by atoms with Crippen molar-refractivity contribution < 1.29 is 14.2 Å². The summed E-state index contributed by atoms with van der Waals surface area (Å²) in [6.45, 7) is 2.28. The Labute approximate surface area is 149 Å². The van der Waals surface area contributed by atoms with Crippen LogP contribution >= 0.6 is 0 Å². The molecule has 0 spiro atoms. The lowest BCUT2D eigenvalue weighted by atomic mass is 9.83. The average Bonchev–Trinajstić information content (AvgIpc) is 3.37. The average molecular weight is 341 g/mol. The molecule has 2 rings (SSSR count). The minimum absolute atomic E-state index is 0.0291. The van der Waals surface area contributed by atoms with Crippen LogP contribution in [-0.4, -0.2) is 32.7 Å². The van der Waals surface area contributed by atoms with Crippen LogP contribution in [-0.2, 0) is 14.2 Å². The van der Waals surface area contributed by atoms with Gasteiger partial charge in [0.25, 0.3) is 0 Å². The van der Waals surface area contributed by atoms with Gasteiger partial charge >= 0.3 is 0 Å². The summed E-state index contributed by atoms with van der Waals surface area (Å²) in [5, 5.41) is 0. The number of hydrogen-bond acceptors (Lipinski definition) is 3. The molecule has 0 bridgehead atoms. The second-order valence-corrected chi connectivity index (χ2v) is 7.98. The third-order valence-electron chi connectivity index (χ3n) is 6.09. The normalized spacial score (nSPS) is 27.2. The lowest BCUT2D eigenvalue weighted by Gasteiger charge is -2.27. The predicted octanol–water partition coefficient (Wildman–Crippen LogP) is 5.71. The van der Waals surface area contributed by atoms with Gasteiger partial charge in [0.05, 0.1) is 12.2 Å². The van der Waals surface area contributed by atoms with E-state index in [-0.39, 0.29) is 6.29 Å². The zero-order valence-corrected chi connectivity index (χ0v) is 16.3. The van der Waals surface area contributed by atoms with E-state index in [4.69, 9.17) is 14.2 Å². The molecule has 0 aromatic heterocycles. The Kier molecular flexibility index (Phi) is 9.67. The standard InChI is InChI=1S/C21H40O3/c1-4-5-6-7-8-9-10-11-18(21(22-2)23-3)14-12-17-13-15-19-20(16-17)24-19/h17-21H,4-16H2,1-3H3. The van der Waals surface area contributed by atoms with E-state index in [2.05, 4.69) is 6.92 Å². The van der Waals surface area contributed by atoms with Gasteiger partial charge in [-0.15, -0.1) is 0 Å². The van der Waals surface area contributed by atoms with Crippen molar-refractivity contribution in [3.63, 3.8) is 0 Å². The fourth-order valence-electron chi connectivity index (χ4n) is 4.46. The third kappa shape index (κ3) is 7.01. The number of hydrogen-bond donors (Lipinski definition) is 0. The van der Waals surface area contributed by atoms with Crippen LogP contribution in [0.5, 0.6) is 0 Å². The summed E-state index contributed by atoms with van der Waals surface area (Å²) in [6.07, 6.45) is 18.5. The highest BCUT2D eigenvalue weighted by Crippen LogP contribution is 2.41. The molecule has 24 heavy (non-hydrogen) atoms. The zero-order chi connectivity index (χ0) is 17.2. The SMILES string of the molecule is CCCCCCCCCC(CCC1CCC2OC2C1)C(OC)OC. The largest absolute Gasteiger partial charge is 0.370 e. The summed E-state index contributed by atoms with van der Waals surface area (Å²) in [6, 6.07) is 0. The highest BCUT2D eigenvalue weighted by atomic mass is 16.7. The number of methoxy groups -OCH3 is 2. The summed E-state index contributed by atoms with van der Waals surface area (Å²) >= 11 is 0. The van der Waals surface area contributed by atoms with Crippen LogP contribution in [0.4, 0.5) is 0 Å². The molecule has 142 valence electrons.